The van der Waals surface area contributed by atoms with E-state index in [1.54, 1.807) is 24.3 Å². The van der Waals surface area contributed by atoms with Crippen molar-refractivity contribution >= 4 is 40.1 Å². The van der Waals surface area contributed by atoms with E-state index in [9.17, 15) is 9.59 Å². The zero-order valence-corrected chi connectivity index (χ0v) is 16.0. The molecule has 0 heterocycles. The van der Waals surface area contributed by atoms with Gasteiger partial charge in [-0.25, -0.2) is 0 Å². The summed E-state index contributed by atoms with van der Waals surface area (Å²) in [6.45, 7) is 1.53. The third kappa shape index (κ3) is 5.12. The molecule has 0 aliphatic carbocycles. The Morgan fingerprint density at radius 1 is 1.07 bits per heavy atom. The molecule has 1 atom stereocenters. The van der Waals surface area contributed by atoms with Crippen LogP contribution in [0.4, 0.5) is 5.69 Å². The molecule has 0 radical (unpaired) electrons. The van der Waals surface area contributed by atoms with Crippen molar-refractivity contribution < 1.29 is 14.3 Å². The molecular formula is C22H18N2O3S. The van der Waals surface area contributed by atoms with Crippen LogP contribution in [0.2, 0.25) is 0 Å². The summed E-state index contributed by atoms with van der Waals surface area (Å²) in [5.41, 5.74) is 1.04. The molecule has 1 N–H and O–H groups in total. The van der Waals surface area contributed by atoms with Gasteiger partial charge in [-0.05, 0) is 54.1 Å². The summed E-state index contributed by atoms with van der Waals surface area (Å²) in [5, 5.41) is 13.7. The number of hydrogen-bond acceptors (Lipinski definition) is 5. The Labute approximate surface area is 167 Å². The molecule has 28 heavy (non-hydrogen) atoms. The summed E-state index contributed by atoms with van der Waals surface area (Å²) in [6, 6.07) is 22.5. The number of ether oxygens (including phenoxy) is 1. The van der Waals surface area contributed by atoms with Crippen molar-refractivity contribution in [2.24, 2.45) is 0 Å². The summed E-state index contributed by atoms with van der Waals surface area (Å²) in [5.74, 6) is -0.762. The van der Waals surface area contributed by atoms with Crippen LogP contribution in [0.5, 0.6) is 0 Å². The highest BCUT2D eigenvalue weighted by atomic mass is 32.2. The van der Waals surface area contributed by atoms with Crippen molar-refractivity contribution in [1.29, 1.82) is 5.26 Å². The van der Waals surface area contributed by atoms with Gasteiger partial charge < -0.3 is 10.1 Å². The molecule has 0 aromatic heterocycles. The lowest BCUT2D eigenvalue weighted by molar-refractivity contribution is -0.150. The molecule has 0 fully saturated rings. The van der Waals surface area contributed by atoms with E-state index >= 15 is 0 Å². The maximum absolute atomic E-state index is 12.2. The van der Waals surface area contributed by atoms with Crippen molar-refractivity contribution in [1.82, 2.24) is 0 Å². The second-order valence-electron chi connectivity index (χ2n) is 6.11. The van der Waals surface area contributed by atoms with Gasteiger partial charge in [0.1, 0.15) is 0 Å². The number of carbonyl (C=O) groups excluding carboxylic acids is 2. The van der Waals surface area contributed by atoms with Crippen molar-refractivity contribution in [3.63, 3.8) is 0 Å². The molecule has 0 saturated heterocycles. The lowest BCUT2D eigenvalue weighted by atomic mass is 10.1. The van der Waals surface area contributed by atoms with Gasteiger partial charge in [-0.1, -0.05) is 30.3 Å². The fourth-order valence-corrected chi connectivity index (χ4v) is 3.28. The number of nitrogens with zero attached hydrogens (tertiary/aromatic N) is 1. The molecule has 0 aliphatic rings. The zero-order chi connectivity index (χ0) is 19.9. The molecule has 0 spiro atoms. The van der Waals surface area contributed by atoms with Gasteiger partial charge in [0.05, 0.1) is 17.4 Å². The molecule has 0 bridgehead atoms. The standard InChI is InChI=1S/C22H18N2O3S/c1-15(22(26)24-19-9-6-16(13-23)7-10-19)27-21(25)14-28-20-11-8-17-4-2-3-5-18(17)12-20/h2-12,15H,14H2,1H3,(H,24,26)/t15-/m1/s1. The van der Waals surface area contributed by atoms with Gasteiger partial charge in [0.25, 0.3) is 5.91 Å². The highest BCUT2D eigenvalue weighted by molar-refractivity contribution is 8.00. The third-order valence-electron chi connectivity index (χ3n) is 4.04. The molecule has 5 nitrogen and oxygen atoms in total. The number of anilines is 1. The van der Waals surface area contributed by atoms with Crippen LogP contribution < -0.4 is 5.32 Å². The molecule has 3 aromatic carbocycles. The summed E-state index contributed by atoms with van der Waals surface area (Å²) in [6.07, 6.45) is -0.916. The van der Waals surface area contributed by atoms with Gasteiger partial charge in [-0.2, -0.15) is 5.26 Å². The number of nitriles is 1. The molecule has 0 aliphatic heterocycles. The minimum absolute atomic E-state index is 0.118. The Bertz CT molecular complexity index is 1040. The molecular weight excluding hydrogens is 372 g/mol. The van der Waals surface area contributed by atoms with Crippen molar-refractivity contribution in [3.05, 3.63) is 72.3 Å². The number of carbonyl (C=O) groups is 2. The number of thioether (sulfide) groups is 1. The van der Waals surface area contributed by atoms with Crippen LogP contribution in [0.15, 0.2) is 71.6 Å². The second-order valence-corrected chi connectivity index (χ2v) is 7.16. The zero-order valence-electron chi connectivity index (χ0n) is 15.2. The average Bonchev–Trinajstić information content (AvgIpc) is 2.72. The minimum Gasteiger partial charge on any atom is -0.452 e. The summed E-state index contributed by atoms with van der Waals surface area (Å²) >= 11 is 1.37. The van der Waals surface area contributed by atoms with E-state index in [-0.39, 0.29) is 5.75 Å². The Balaban J connectivity index is 1.50. The SMILES string of the molecule is C[C@@H](OC(=O)CSc1ccc2ccccc2c1)C(=O)Nc1ccc(C#N)cc1. The number of benzene rings is 3. The maximum Gasteiger partial charge on any atom is 0.317 e. The van der Waals surface area contributed by atoms with E-state index in [0.29, 0.717) is 11.3 Å². The van der Waals surface area contributed by atoms with Crippen LogP contribution in [-0.4, -0.2) is 23.7 Å². The Morgan fingerprint density at radius 2 is 1.79 bits per heavy atom. The quantitative estimate of drug-likeness (QED) is 0.499. The summed E-state index contributed by atoms with van der Waals surface area (Å²) in [7, 11) is 0. The monoisotopic (exact) mass is 390 g/mol. The number of amides is 1. The fourth-order valence-electron chi connectivity index (χ4n) is 2.56. The maximum atomic E-state index is 12.2. The first kappa shape index (κ1) is 19.5. The van der Waals surface area contributed by atoms with E-state index in [1.165, 1.54) is 18.7 Å². The third-order valence-corrected chi connectivity index (χ3v) is 5.00. The van der Waals surface area contributed by atoms with E-state index in [4.69, 9.17) is 10.00 Å². The van der Waals surface area contributed by atoms with Crippen LogP contribution in [0.1, 0.15) is 12.5 Å². The molecule has 3 rings (SSSR count). The van der Waals surface area contributed by atoms with E-state index < -0.39 is 18.0 Å². The molecule has 140 valence electrons. The highest BCUT2D eigenvalue weighted by Gasteiger charge is 2.18. The average molecular weight is 390 g/mol. The Kier molecular flexibility index (Phi) is 6.30. The van der Waals surface area contributed by atoms with Crippen LogP contribution in [-0.2, 0) is 14.3 Å². The summed E-state index contributed by atoms with van der Waals surface area (Å²) < 4.78 is 5.21. The second kappa shape index (κ2) is 9.07. The molecule has 1 amide bonds. The topological polar surface area (TPSA) is 79.2 Å². The Morgan fingerprint density at radius 3 is 2.50 bits per heavy atom. The smallest absolute Gasteiger partial charge is 0.317 e. The van der Waals surface area contributed by atoms with Crippen LogP contribution in [0, 0.1) is 11.3 Å². The van der Waals surface area contributed by atoms with Crippen LogP contribution in [0.25, 0.3) is 10.8 Å². The minimum atomic E-state index is -0.916. The van der Waals surface area contributed by atoms with Gasteiger partial charge >= 0.3 is 5.97 Å². The van der Waals surface area contributed by atoms with Crippen molar-refractivity contribution in [3.8, 4) is 6.07 Å². The molecule has 6 heteroatoms. The van der Waals surface area contributed by atoms with Gasteiger partial charge in [0, 0.05) is 10.6 Å². The van der Waals surface area contributed by atoms with Gasteiger partial charge in [0.2, 0.25) is 0 Å². The van der Waals surface area contributed by atoms with Crippen LogP contribution >= 0.6 is 11.8 Å². The highest BCUT2D eigenvalue weighted by Crippen LogP contribution is 2.23. The first-order valence-electron chi connectivity index (χ1n) is 8.67. The number of nitrogens with one attached hydrogen (secondary N) is 1. The number of rotatable bonds is 6. The van der Waals surface area contributed by atoms with Crippen molar-refractivity contribution in [2.75, 3.05) is 11.1 Å². The van der Waals surface area contributed by atoms with Gasteiger partial charge in [-0.15, -0.1) is 11.8 Å². The van der Waals surface area contributed by atoms with Gasteiger partial charge in [-0.3, -0.25) is 9.59 Å². The lowest BCUT2D eigenvalue weighted by Crippen LogP contribution is -2.30. The summed E-state index contributed by atoms with van der Waals surface area (Å²) in [4.78, 5) is 25.2. The number of hydrogen-bond donors (Lipinski definition) is 1. The first-order chi connectivity index (χ1) is 13.5. The van der Waals surface area contributed by atoms with E-state index in [2.05, 4.69) is 5.32 Å². The molecule has 0 unspecified atom stereocenters. The number of esters is 1. The van der Waals surface area contributed by atoms with E-state index in [0.717, 1.165) is 15.7 Å². The van der Waals surface area contributed by atoms with E-state index in [1.807, 2.05) is 48.5 Å². The number of fused-ring (bicyclic) bond motifs is 1. The normalized spacial score (nSPS) is 11.4. The van der Waals surface area contributed by atoms with Crippen LogP contribution in [0.3, 0.4) is 0 Å². The first-order valence-corrected chi connectivity index (χ1v) is 9.66. The Hall–Kier alpha value is -3.30. The predicted molar refractivity (Wildman–Crippen MR) is 110 cm³/mol. The molecule has 0 saturated carbocycles. The van der Waals surface area contributed by atoms with Crippen molar-refractivity contribution in [2.45, 2.75) is 17.9 Å². The van der Waals surface area contributed by atoms with Gasteiger partial charge in [0.15, 0.2) is 6.10 Å². The fraction of sp³-hybridized carbons (Fsp3) is 0.136. The predicted octanol–water partition coefficient (Wildman–Crippen LogP) is 4.37. The molecule has 3 aromatic rings. The lowest BCUT2D eigenvalue weighted by Gasteiger charge is -2.13. The largest absolute Gasteiger partial charge is 0.452 e.